The number of hydrogen-bond donors (Lipinski definition) is 1. The number of nitrogens with one attached hydrogen (secondary N) is 1. The first-order valence-electron chi connectivity index (χ1n) is 11.2. The zero-order valence-electron chi connectivity index (χ0n) is 19.3. The number of rotatable bonds is 4. The van der Waals surface area contributed by atoms with E-state index in [1.54, 1.807) is 23.4 Å². The largest absolute Gasteiger partial charge is 0.439 e. The highest BCUT2D eigenvalue weighted by Gasteiger charge is 2.30. The second-order valence-electron chi connectivity index (χ2n) is 8.55. The summed E-state index contributed by atoms with van der Waals surface area (Å²) in [6.07, 6.45) is 2.46. The lowest BCUT2D eigenvalue weighted by Gasteiger charge is -2.33. The number of aryl methyl sites for hydroxylation is 1. The number of nitrogens with zero attached hydrogens (tertiary/aromatic N) is 3. The van der Waals surface area contributed by atoms with Crippen molar-refractivity contribution in [3.8, 4) is 11.6 Å². The van der Waals surface area contributed by atoms with Gasteiger partial charge >= 0.3 is 12.2 Å². The molecule has 4 rings (SSSR count). The molecule has 2 aromatic heterocycles. The maximum Gasteiger partial charge on any atom is 0.417 e. The molecule has 0 bridgehead atoms. The van der Waals surface area contributed by atoms with Crippen molar-refractivity contribution in [3.63, 3.8) is 0 Å². The van der Waals surface area contributed by atoms with E-state index in [0.717, 1.165) is 29.8 Å². The number of urea groups is 1. The minimum absolute atomic E-state index is 0.0827. The van der Waals surface area contributed by atoms with Crippen LogP contribution in [0.25, 0.3) is 6.08 Å². The Morgan fingerprint density at radius 3 is 2.69 bits per heavy atom. The molecular formula is C26H25F3N4O2. The van der Waals surface area contributed by atoms with Crippen molar-refractivity contribution >= 4 is 17.8 Å². The molecule has 1 aromatic carbocycles. The molecule has 2 amide bonds. The maximum absolute atomic E-state index is 12.7. The lowest BCUT2D eigenvalue weighted by Crippen LogP contribution is -2.42. The lowest BCUT2D eigenvalue weighted by molar-refractivity contribution is -0.137. The van der Waals surface area contributed by atoms with Gasteiger partial charge in [0.15, 0.2) is 0 Å². The smallest absolute Gasteiger partial charge is 0.417 e. The predicted octanol–water partition coefficient (Wildman–Crippen LogP) is 6.55. The van der Waals surface area contributed by atoms with E-state index < -0.39 is 11.7 Å². The number of carbonyl (C=O) groups is 1. The van der Waals surface area contributed by atoms with Crippen LogP contribution in [0.5, 0.6) is 11.6 Å². The first-order chi connectivity index (χ1) is 16.7. The molecule has 1 aliphatic heterocycles. The van der Waals surface area contributed by atoms with E-state index in [1.807, 2.05) is 31.2 Å². The van der Waals surface area contributed by atoms with Gasteiger partial charge in [0.2, 0.25) is 5.88 Å². The molecule has 35 heavy (non-hydrogen) atoms. The Hall–Kier alpha value is -3.88. The van der Waals surface area contributed by atoms with Gasteiger partial charge in [-0.1, -0.05) is 30.7 Å². The number of piperidine rings is 1. The van der Waals surface area contributed by atoms with Crippen LogP contribution in [-0.2, 0) is 6.18 Å². The Morgan fingerprint density at radius 1 is 1.17 bits per heavy atom. The first-order valence-corrected chi connectivity index (χ1v) is 11.2. The highest BCUT2D eigenvalue weighted by atomic mass is 19.4. The summed E-state index contributed by atoms with van der Waals surface area (Å²) >= 11 is 0. The number of pyridine rings is 2. The molecule has 3 aromatic rings. The van der Waals surface area contributed by atoms with Gasteiger partial charge in [-0.3, -0.25) is 4.98 Å². The summed E-state index contributed by atoms with van der Waals surface area (Å²) in [6.45, 7) is 5.17. The molecule has 182 valence electrons. The zero-order valence-corrected chi connectivity index (χ0v) is 19.3. The molecule has 1 saturated heterocycles. The first kappa shape index (κ1) is 24.3. The van der Waals surface area contributed by atoms with Crippen LogP contribution in [0.3, 0.4) is 0 Å². The standard InChI is InChI=1S/C26H25F3N4O2/c1-17-10-22(15-30-13-17)32-25(34)33-9-8-20(18(2)16-33)11-19-4-3-5-23(12-19)35-24-7-6-21(14-31-24)26(27,28)29/h3-7,10-15,18H,8-9,16H2,1-2H3,(H,32,34). The molecule has 0 aliphatic carbocycles. The predicted molar refractivity (Wildman–Crippen MR) is 127 cm³/mol. The Bertz CT molecular complexity index is 1230. The fraction of sp³-hybridized carbons (Fsp3) is 0.269. The average Bonchev–Trinajstić information content (AvgIpc) is 2.80. The molecule has 0 spiro atoms. The van der Waals surface area contributed by atoms with E-state index in [1.165, 1.54) is 11.6 Å². The number of benzene rings is 1. The van der Waals surface area contributed by atoms with E-state index >= 15 is 0 Å². The third-order valence-electron chi connectivity index (χ3n) is 5.71. The highest BCUT2D eigenvalue weighted by molar-refractivity contribution is 5.89. The summed E-state index contributed by atoms with van der Waals surface area (Å²) in [7, 11) is 0. The van der Waals surface area contributed by atoms with Crippen LogP contribution in [0, 0.1) is 12.8 Å². The van der Waals surface area contributed by atoms with Crippen molar-refractivity contribution in [2.24, 2.45) is 5.92 Å². The average molecular weight is 483 g/mol. The van der Waals surface area contributed by atoms with Gasteiger partial charge in [-0.25, -0.2) is 9.78 Å². The molecule has 1 fully saturated rings. The Balaban J connectivity index is 1.38. The van der Waals surface area contributed by atoms with E-state index in [4.69, 9.17) is 4.74 Å². The summed E-state index contributed by atoms with van der Waals surface area (Å²) in [5.41, 5.74) is 2.92. The molecule has 6 nitrogen and oxygen atoms in total. The minimum Gasteiger partial charge on any atom is -0.439 e. The van der Waals surface area contributed by atoms with Gasteiger partial charge in [-0.05, 0) is 54.7 Å². The quantitative estimate of drug-likeness (QED) is 0.458. The lowest BCUT2D eigenvalue weighted by atomic mass is 9.91. The second-order valence-corrected chi connectivity index (χ2v) is 8.55. The summed E-state index contributed by atoms with van der Waals surface area (Å²) < 4.78 is 43.8. The second kappa shape index (κ2) is 10.2. The monoisotopic (exact) mass is 482 g/mol. The fourth-order valence-corrected chi connectivity index (χ4v) is 3.89. The zero-order chi connectivity index (χ0) is 25.0. The molecule has 3 heterocycles. The summed E-state index contributed by atoms with van der Waals surface area (Å²) in [5, 5.41) is 2.90. The number of hydrogen-bond acceptors (Lipinski definition) is 4. The summed E-state index contributed by atoms with van der Waals surface area (Å²) in [5.74, 6) is 0.716. The molecular weight excluding hydrogens is 457 g/mol. The van der Waals surface area contributed by atoms with Crippen molar-refractivity contribution in [2.45, 2.75) is 26.4 Å². The van der Waals surface area contributed by atoms with Crippen LogP contribution in [-0.4, -0.2) is 34.0 Å². The molecule has 1 atom stereocenters. The van der Waals surface area contributed by atoms with Crippen LogP contribution in [0.2, 0.25) is 0 Å². The van der Waals surface area contributed by atoms with E-state index in [-0.39, 0.29) is 17.8 Å². The van der Waals surface area contributed by atoms with Crippen molar-refractivity contribution in [3.05, 3.63) is 83.3 Å². The topological polar surface area (TPSA) is 67.4 Å². The number of halogens is 3. The molecule has 9 heteroatoms. The van der Waals surface area contributed by atoms with Gasteiger partial charge in [-0.2, -0.15) is 13.2 Å². The van der Waals surface area contributed by atoms with Crippen molar-refractivity contribution in [1.29, 1.82) is 0 Å². The van der Waals surface area contributed by atoms with Crippen LogP contribution < -0.4 is 10.1 Å². The third kappa shape index (κ3) is 6.38. The summed E-state index contributed by atoms with van der Waals surface area (Å²) in [6, 6.07) is 11.1. The Kier molecular flexibility index (Phi) is 7.04. The van der Waals surface area contributed by atoms with Gasteiger partial charge in [0.05, 0.1) is 17.4 Å². The fourth-order valence-electron chi connectivity index (χ4n) is 3.89. The number of carbonyl (C=O) groups excluding carboxylic acids is 1. The number of aromatic nitrogens is 2. The number of ether oxygens (including phenoxy) is 1. The van der Waals surface area contributed by atoms with E-state index in [2.05, 4.69) is 28.3 Å². The molecule has 1 unspecified atom stereocenters. The highest BCUT2D eigenvalue weighted by Crippen LogP contribution is 2.31. The van der Waals surface area contributed by atoms with Gasteiger partial charge in [-0.15, -0.1) is 0 Å². The van der Waals surface area contributed by atoms with E-state index in [9.17, 15) is 18.0 Å². The van der Waals surface area contributed by atoms with Gasteiger partial charge in [0.1, 0.15) is 5.75 Å². The molecule has 1 aliphatic rings. The van der Waals surface area contributed by atoms with Crippen LogP contribution in [0.1, 0.15) is 30.0 Å². The van der Waals surface area contributed by atoms with Crippen molar-refractivity contribution in [2.75, 3.05) is 18.4 Å². The normalized spacial score (nSPS) is 17.3. The molecule has 1 N–H and O–H groups in total. The van der Waals surface area contributed by atoms with Crippen LogP contribution in [0.15, 0.2) is 66.6 Å². The number of likely N-dealkylation sites (tertiary alicyclic amines) is 1. The summed E-state index contributed by atoms with van der Waals surface area (Å²) in [4.78, 5) is 22.3. The van der Waals surface area contributed by atoms with Crippen LogP contribution >= 0.6 is 0 Å². The maximum atomic E-state index is 12.7. The number of amides is 2. The van der Waals surface area contributed by atoms with Crippen molar-refractivity contribution in [1.82, 2.24) is 14.9 Å². The van der Waals surface area contributed by atoms with Gasteiger partial charge < -0.3 is 15.0 Å². The van der Waals surface area contributed by atoms with E-state index in [0.29, 0.717) is 24.5 Å². The number of anilines is 1. The van der Waals surface area contributed by atoms with Crippen molar-refractivity contribution < 1.29 is 22.7 Å². The van der Waals surface area contributed by atoms with Crippen LogP contribution in [0.4, 0.5) is 23.7 Å². The van der Waals surface area contributed by atoms with Gasteiger partial charge in [0.25, 0.3) is 0 Å². The SMILES string of the molecule is Cc1cncc(NC(=O)N2CCC(=Cc3cccc(Oc4ccc(C(F)(F)F)cn4)c3)C(C)C2)c1. The minimum atomic E-state index is -4.44. The van der Waals surface area contributed by atoms with Gasteiger partial charge in [0, 0.05) is 31.5 Å². The Labute approximate surface area is 201 Å². The molecule has 0 saturated carbocycles. The molecule has 0 radical (unpaired) electrons. The Morgan fingerprint density at radius 2 is 2.00 bits per heavy atom. The number of alkyl halides is 3. The third-order valence-corrected chi connectivity index (χ3v) is 5.71.